The van der Waals surface area contributed by atoms with E-state index in [9.17, 15) is 22.8 Å². The molecule has 1 unspecified atom stereocenters. The van der Waals surface area contributed by atoms with Crippen LogP contribution in [0.1, 0.15) is 50.2 Å². The number of ketones is 2. The molecule has 0 radical (unpaired) electrons. The monoisotopic (exact) mass is 404 g/mol. The van der Waals surface area contributed by atoms with E-state index in [0.717, 1.165) is 44.2 Å². The standard InChI is InChI=1S/C18H21F3O2.C6H6/c1-12(22)16(17(23)14-7-3-2-4-8-14)11-13-6-5-9-15(10-13)18(19,20)21;1-2-4-6-5-3-1/h5-6,9-10,14,16H,2-4,7-8,11H2,1H3;1-6H. The van der Waals surface area contributed by atoms with Gasteiger partial charge in [-0.2, -0.15) is 13.2 Å². The predicted molar refractivity (Wildman–Crippen MR) is 107 cm³/mol. The van der Waals surface area contributed by atoms with Crippen molar-refractivity contribution in [3.05, 3.63) is 71.8 Å². The highest BCUT2D eigenvalue weighted by Gasteiger charge is 2.33. The van der Waals surface area contributed by atoms with Crippen LogP contribution in [0.2, 0.25) is 0 Å². The van der Waals surface area contributed by atoms with E-state index in [1.165, 1.54) is 13.0 Å². The van der Waals surface area contributed by atoms with E-state index in [1.807, 2.05) is 36.4 Å². The fourth-order valence-corrected chi connectivity index (χ4v) is 3.61. The summed E-state index contributed by atoms with van der Waals surface area (Å²) in [6, 6.07) is 16.9. The molecule has 1 aliphatic carbocycles. The van der Waals surface area contributed by atoms with Gasteiger partial charge in [0.05, 0.1) is 11.5 Å². The Morgan fingerprint density at radius 3 is 1.97 bits per heavy atom. The van der Waals surface area contributed by atoms with Crippen LogP contribution in [0, 0.1) is 11.8 Å². The highest BCUT2D eigenvalue weighted by atomic mass is 19.4. The third-order valence-corrected chi connectivity index (χ3v) is 5.20. The topological polar surface area (TPSA) is 34.1 Å². The fraction of sp³-hybridized carbons (Fsp3) is 0.417. The smallest absolute Gasteiger partial charge is 0.299 e. The van der Waals surface area contributed by atoms with Crippen LogP contribution in [-0.4, -0.2) is 11.6 Å². The van der Waals surface area contributed by atoms with Crippen LogP contribution in [0.15, 0.2) is 60.7 Å². The van der Waals surface area contributed by atoms with E-state index in [1.54, 1.807) is 6.07 Å². The fourth-order valence-electron chi connectivity index (χ4n) is 3.61. The van der Waals surface area contributed by atoms with Crippen LogP contribution in [0.25, 0.3) is 0 Å². The summed E-state index contributed by atoms with van der Waals surface area (Å²) < 4.78 is 38.3. The van der Waals surface area contributed by atoms with Crippen molar-refractivity contribution in [3.8, 4) is 0 Å². The Hall–Kier alpha value is -2.43. The second-order valence-corrected chi connectivity index (χ2v) is 7.46. The first-order chi connectivity index (χ1) is 13.8. The molecule has 0 bridgehead atoms. The zero-order valence-electron chi connectivity index (χ0n) is 16.6. The maximum Gasteiger partial charge on any atom is 0.416 e. The SMILES string of the molecule is CC(=O)C(Cc1cccc(C(F)(F)F)c1)C(=O)C1CCCCC1.c1ccccc1. The normalized spacial score (nSPS) is 15.7. The van der Waals surface area contributed by atoms with Crippen LogP contribution in [-0.2, 0) is 22.2 Å². The quantitative estimate of drug-likeness (QED) is 0.549. The van der Waals surface area contributed by atoms with Gasteiger partial charge in [-0.15, -0.1) is 0 Å². The Kier molecular flexibility index (Phi) is 8.62. The van der Waals surface area contributed by atoms with Gasteiger partial charge in [-0.05, 0) is 37.8 Å². The molecule has 0 aliphatic heterocycles. The minimum Gasteiger partial charge on any atom is -0.299 e. The highest BCUT2D eigenvalue weighted by Crippen LogP contribution is 2.31. The minimum absolute atomic E-state index is 0.0502. The molecule has 0 aromatic heterocycles. The molecule has 29 heavy (non-hydrogen) atoms. The first-order valence-electron chi connectivity index (χ1n) is 9.99. The number of benzene rings is 2. The largest absolute Gasteiger partial charge is 0.416 e. The highest BCUT2D eigenvalue weighted by molar-refractivity contribution is 6.02. The van der Waals surface area contributed by atoms with Crippen molar-refractivity contribution in [1.29, 1.82) is 0 Å². The first kappa shape index (κ1) is 22.9. The van der Waals surface area contributed by atoms with Crippen LogP contribution < -0.4 is 0 Å². The number of halogens is 3. The summed E-state index contributed by atoms with van der Waals surface area (Å²) in [6.45, 7) is 1.35. The Morgan fingerprint density at radius 1 is 0.931 bits per heavy atom. The van der Waals surface area contributed by atoms with Gasteiger partial charge in [0.1, 0.15) is 11.6 Å². The molecule has 1 aliphatic rings. The number of carbonyl (C=O) groups excluding carboxylic acids is 2. The van der Waals surface area contributed by atoms with E-state index >= 15 is 0 Å². The Balaban J connectivity index is 0.000000426. The van der Waals surface area contributed by atoms with Crippen LogP contribution >= 0.6 is 0 Å². The Morgan fingerprint density at radius 2 is 1.48 bits per heavy atom. The van der Waals surface area contributed by atoms with Crippen molar-refractivity contribution in [2.24, 2.45) is 11.8 Å². The number of alkyl halides is 3. The molecule has 5 heteroatoms. The van der Waals surface area contributed by atoms with E-state index in [-0.39, 0.29) is 23.9 Å². The molecule has 0 saturated heterocycles. The summed E-state index contributed by atoms with van der Waals surface area (Å²) >= 11 is 0. The molecule has 2 nitrogen and oxygen atoms in total. The minimum atomic E-state index is -4.42. The van der Waals surface area contributed by atoms with Crippen molar-refractivity contribution in [1.82, 2.24) is 0 Å². The molecule has 1 saturated carbocycles. The van der Waals surface area contributed by atoms with E-state index in [0.29, 0.717) is 5.56 Å². The summed E-state index contributed by atoms with van der Waals surface area (Å²) in [7, 11) is 0. The van der Waals surface area contributed by atoms with Gasteiger partial charge in [0.2, 0.25) is 0 Å². The van der Waals surface area contributed by atoms with Gasteiger partial charge < -0.3 is 0 Å². The van der Waals surface area contributed by atoms with Gasteiger partial charge in [0, 0.05) is 5.92 Å². The molecule has 0 N–H and O–H groups in total. The second-order valence-electron chi connectivity index (χ2n) is 7.46. The van der Waals surface area contributed by atoms with E-state index in [2.05, 4.69) is 0 Å². The van der Waals surface area contributed by atoms with Crippen molar-refractivity contribution < 1.29 is 22.8 Å². The lowest BCUT2D eigenvalue weighted by molar-refractivity contribution is -0.137. The van der Waals surface area contributed by atoms with Crippen LogP contribution in [0.4, 0.5) is 13.2 Å². The van der Waals surface area contributed by atoms with Gasteiger partial charge in [-0.25, -0.2) is 0 Å². The van der Waals surface area contributed by atoms with Gasteiger partial charge in [0.25, 0.3) is 0 Å². The number of carbonyl (C=O) groups is 2. The zero-order valence-corrected chi connectivity index (χ0v) is 16.6. The molecule has 1 fully saturated rings. The average Bonchev–Trinajstić information content (AvgIpc) is 2.73. The van der Waals surface area contributed by atoms with Gasteiger partial charge >= 0.3 is 6.18 Å². The summed E-state index contributed by atoms with van der Waals surface area (Å²) in [5.74, 6) is -1.32. The van der Waals surface area contributed by atoms with Crippen molar-refractivity contribution >= 4 is 11.6 Å². The summed E-state index contributed by atoms with van der Waals surface area (Å²) in [5, 5.41) is 0. The average molecular weight is 404 g/mol. The molecule has 156 valence electrons. The Labute approximate surface area is 170 Å². The molecular weight excluding hydrogens is 377 g/mol. The molecule has 1 atom stereocenters. The lowest BCUT2D eigenvalue weighted by Gasteiger charge is -2.24. The number of Topliss-reactive ketones (excluding diaryl/α,β-unsaturated/α-hetero) is 2. The molecule has 3 rings (SSSR count). The lowest BCUT2D eigenvalue weighted by Crippen LogP contribution is -2.31. The number of hydrogen-bond acceptors (Lipinski definition) is 2. The molecule has 0 spiro atoms. The van der Waals surface area contributed by atoms with Gasteiger partial charge in [-0.1, -0.05) is 73.9 Å². The molecule has 0 heterocycles. The van der Waals surface area contributed by atoms with Gasteiger partial charge in [0.15, 0.2) is 0 Å². The number of hydrogen-bond donors (Lipinski definition) is 0. The third-order valence-electron chi connectivity index (χ3n) is 5.20. The van der Waals surface area contributed by atoms with Crippen molar-refractivity contribution in [2.45, 2.75) is 51.6 Å². The van der Waals surface area contributed by atoms with Crippen LogP contribution in [0.3, 0.4) is 0 Å². The van der Waals surface area contributed by atoms with Gasteiger partial charge in [-0.3, -0.25) is 9.59 Å². The van der Waals surface area contributed by atoms with Crippen molar-refractivity contribution in [2.75, 3.05) is 0 Å². The zero-order chi connectivity index (χ0) is 21.3. The van der Waals surface area contributed by atoms with E-state index < -0.39 is 17.7 Å². The second kappa shape index (κ2) is 10.9. The van der Waals surface area contributed by atoms with Crippen LogP contribution in [0.5, 0.6) is 0 Å². The molecular formula is C24H27F3O2. The summed E-state index contributed by atoms with van der Waals surface area (Å²) in [6.07, 6.45) is 0.247. The maximum atomic E-state index is 12.8. The molecule has 2 aromatic rings. The Bertz CT molecular complexity index is 752. The molecule has 0 amide bonds. The lowest BCUT2D eigenvalue weighted by atomic mass is 9.78. The summed E-state index contributed by atoms with van der Waals surface area (Å²) in [5.41, 5.74) is -0.369. The summed E-state index contributed by atoms with van der Waals surface area (Å²) in [4.78, 5) is 24.5. The predicted octanol–water partition coefficient (Wildman–Crippen LogP) is 6.29. The number of rotatable bonds is 5. The molecule has 2 aromatic carbocycles. The third kappa shape index (κ3) is 7.48. The maximum absolute atomic E-state index is 12.8. The van der Waals surface area contributed by atoms with Crippen molar-refractivity contribution in [3.63, 3.8) is 0 Å². The van der Waals surface area contributed by atoms with E-state index in [4.69, 9.17) is 0 Å². The first-order valence-corrected chi connectivity index (χ1v) is 9.99.